The fraction of sp³-hybridized carbons (Fsp3) is 0.385. The molecule has 1 heterocycles. The van der Waals surface area contributed by atoms with Crippen molar-refractivity contribution in [2.75, 3.05) is 6.54 Å². The molecular formula is C13H16N2O2. The molecule has 90 valence electrons. The SMILES string of the molecule is Cc1nc2cc(C(=O)NCC(C)C)ccc2o1. The van der Waals surface area contributed by atoms with Crippen molar-refractivity contribution in [1.82, 2.24) is 10.3 Å². The minimum absolute atomic E-state index is 0.0683. The van der Waals surface area contributed by atoms with Gasteiger partial charge in [0.1, 0.15) is 5.52 Å². The Morgan fingerprint density at radius 2 is 2.24 bits per heavy atom. The molecule has 1 N–H and O–H groups in total. The lowest BCUT2D eigenvalue weighted by Crippen LogP contribution is -2.27. The summed E-state index contributed by atoms with van der Waals surface area (Å²) in [5.74, 6) is 0.984. The molecule has 4 nitrogen and oxygen atoms in total. The van der Waals surface area contributed by atoms with E-state index in [1.165, 1.54) is 0 Å². The molecule has 17 heavy (non-hydrogen) atoms. The number of fused-ring (bicyclic) bond motifs is 1. The van der Waals surface area contributed by atoms with E-state index in [1.807, 2.05) is 0 Å². The van der Waals surface area contributed by atoms with E-state index in [9.17, 15) is 4.79 Å². The lowest BCUT2D eigenvalue weighted by molar-refractivity contribution is 0.0949. The minimum atomic E-state index is -0.0683. The van der Waals surface area contributed by atoms with Crippen LogP contribution in [-0.4, -0.2) is 17.4 Å². The highest BCUT2D eigenvalue weighted by Crippen LogP contribution is 2.16. The summed E-state index contributed by atoms with van der Waals surface area (Å²) in [5, 5.41) is 2.87. The Balaban J connectivity index is 2.20. The number of nitrogens with one attached hydrogen (secondary N) is 1. The normalized spacial score (nSPS) is 11.1. The summed E-state index contributed by atoms with van der Waals surface area (Å²) < 4.78 is 5.36. The molecular weight excluding hydrogens is 216 g/mol. The van der Waals surface area contributed by atoms with Crippen LogP contribution in [-0.2, 0) is 0 Å². The molecule has 2 rings (SSSR count). The highest BCUT2D eigenvalue weighted by molar-refractivity contribution is 5.97. The van der Waals surface area contributed by atoms with E-state index in [2.05, 4.69) is 24.1 Å². The fourth-order valence-corrected chi connectivity index (χ4v) is 1.58. The first-order valence-electron chi connectivity index (χ1n) is 5.71. The van der Waals surface area contributed by atoms with E-state index in [0.717, 1.165) is 5.52 Å². The number of aromatic nitrogens is 1. The number of nitrogens with zero attached hydrogens (tertiary/aromatic N) is 1. The van der Waals surface area contributed by atoms with E-state index in [-0.39, 0.29) is 5.91 Å². The van der Waals surface area contributed by atoms with E-state index in [0.29, 0.717) is 29.5 Å². The van der Waals surface area contributed by atoms with E-state index in [1.54, 1.807) is 25.1 Å². The predicted molar refractivity (Wildman–Crippen MR) is 65.9 cm³/mol. The third-order valence-electron chi connectivity index (χ3n) is 2.43. The molecule has 0 unspecified atom stereocenters. The Labute approximate surface area is 100 Å². The van der Waals surface area contributed by atoms with Gasteiger partial charge in [-0.2, -0.15) is 0 Å². The van der Waals surface area contributed by atoms with E-state index in [4.69, 9.17) is 4.42 Å². The van der Waals surface area contributed by atoms with Crippen LogP contribution < -0.4 is 5.32 Å². The molecule has 1 amide bonds. The molecule has 0 aliphatic heterocycles. The molecule has 1 aromatic heterocycles. The maximum atomic E-state index is 11.8. The highest BCUT2D eigenvalue weighted by atomic mass is 16.3. The van der Waals surface area contributed by atoms with Gasteiger partial charge < -0.3 is 9.73 Å². The van der Waals surface area contributed by atoms with Crippen LogP contribution in [0.3, 0.4) is 0 Å². The standard InChI is InChI=1S/C13H16N2O2/c1-8(2)7-14-13(16)10-4-5-12-11(6-10)15-9(3)17-12/h4-6,8H,7H2,1-3H3,(H,14,16). The van der Waals surface area contributed by atoms with Crippen LogP contribution in [0.5, 0.6) is 0 Å². The smallest absolute Gasteiger partial charge is 0.251 e. The van der Waals surface area contributed by atoms with Crippen molar-refractivity contribution in [3.05, 3.63) is 29.7 Å². The van der Waals surface area contributed by atoms with Crippen LogP contribution in [0.2, 0.25) is 0 Å². The molecule has 0 radical (unpaired) electrons. The molecule has 0 saturated carbocycles. The topological polar surface area (TPSA) is 55.1 Å². The minimum Gasteiger partial charge on any atom is -0.441 e. The number of carbonyl (C=O) groups is 1. The molecule has 0 saturated heterocycles. The highest BCUT2D eigenvalue weighted by Gasteiger charge is 2.09. The van der Waals surface area contributed by atoms with Crippen molar-refractivity contribution in [1.29, 1.82) is 0 Å². The van der Waals surface area contributed by atoms with Crippen molar-refractivity contribution in [3.63, 3.8) is 0 Å². The second-order valence-electron chi connectivity index (χ2n) is 4.52. The summed E-state index contributed by atoms with van der Waals surface area (Å²) in [5.41, 5.74) is 2.05. The number of carbonyl (C=O) groups excluding carboxylic acids is 1. The van der Waals surface area contributed by atoms with Crippen LogP contribution in [0, 0.1) is 12.8 Å². The van der Waals surface area contributed by atoms with Crippen molar-refractivity contribution in [2.45, 2.75) is 20.8 Å². The first kappa shape index (κ1) is 11.6. The Morgan fingerprint density at radius 1 is 1.47 bits per heavy atom. The first-order valence-corrected chi connectivity index (χ1v) is 5.71. The van der Waals surface area contributed by atoms with Crippen LogP contribution in [0.4, 0.5) is 0 Å². The van der Waals surface area contributed by atoms with Gasteiger partial charge in [0.25, 0.3) is 5.91 Å². The van der Waals surface area contributed by atoms with Gasteiger partial charge in [-0.25, -0.2) is 4.98 Å². The second-order valence-corrected chi connectivity index (χ2v) is 4.52. The van der Waals surface area contributed by atoms with Gasteiger partial charge in [0.15, 0.2) is 11.5 Å². The third-order valence-corrected chi connectivity index (χ3v) is 2.43. The van der Waals surface area contributed by atoms with Crippen molar-refractivity contribution in [2.24, 2.45) is 5.92 Å². The average Bonchev–Trinajstić information content (AvgIpc) is 2.64. The van der Waals surface area contributed by atoms with Crippen LogP contribution in [0.15, 0.2) is 22.6 Å². The van der Waals surface area contributed by atoms with Gasteiger partial charge in [0.2, 0.25) is 0 Å². The second kappa shape index (κ2) is 4.57. The number of amides is 1. The molecule has 2 aromatic rings. The summed E-state index contributed by atoms with van der Waals surface area (Å²) in [6.07, 6.45) is 0. The summed E-state index contributed by atoms with van der Waals surface area (Å²) in [6, 6.07) is 5.28. The quantitative estimate of drug-likeness (QED) is 0.884. The average molecular weight is 232 g/mol. The molecule has 0 bridgehead atoms. The van der Waals surface area contributed by atoms with Crippen LogP contribution >= 0.6 is 0 Å². The van der Waals surface area contributed by atoms with E-state index < -0.39 is 0 Å². The summed E-state index contributed by atoms with van der Waals surface area (Å²) >= 11 is 0. The van der Waals surface area contributed by atoms with Crippen LogP contribution in [0.1, 0.15) is 30.1 Å². The molecule has 0 aliphatic rings. The fourth-order valence-electron chi connectivity index (χ4n) is 1.58. The van der Waals surface area contributed by atoms with Gasteiger partial charge in [0, 0.05) is 19.0 Å². The molecule has 0 atom stereocenters. The maximum absolute atomic E-state index is 11.8. The lowest BCUT2D eigenvalue weighted by atomic mass is 10.1. The number of benzene rings is 1. The monoisotopic (exact) mass is 232 g/mol. The zero-order valence-electron chi connectivity index (χ0n) is 10.3. The first-order chi connectivity index (χ1) is 8.06. The summed E-state index contributed by atoms with van der Waals surface area (Å²) in [6.45, 7) is 6.59. The number of hydrogen-bond acceptors (Lipinski definition) is 3. The van der Waals surface area contributed by atoms with Gasteiger partial charge >= 0.3 is 0 Å². The van der Waals surface area contributed by atoms with Crippen molar-refractivity contribution >= 4 is 17.0 Å². The van der Waals surface area contributed by atoms with Gasteiger partial charge in [-0.3, -0.25) is 4.79 Å². The van der Waals surface area contributed by atoms with Crippen LogP contribution in [0.25, 0.3) is 11.1 Å². The summed E-state index contributed by atoms with van der Waals surface area (Å²) in [7, 11) is 0. The Bertz CT molecular complexity index is 543. The Kier molecular flexibility index (Phi) is 3.13. The van der Waals surface area contributed by atoms with Gasteiger partial charge in [0.05, 0.1) is 0 Å². The largest absolute Gasteiger partial charge is 0.441 e. The third kappa shape index (κ3) is 2.64. The molecule has 0 spiro atoms. The van der Waals surface area contributed by atoms with E-state index >= 15 is 0 Å². The number of oxazole rings is 1. The van der Waals surface area contributed by atoms with Crippen molar-refractivity contribution < 1.29 is 9.21 Å². The van der Waals surface area contributed by atoms with Gasteiger partial charge in [-0.15, -0.1) is 0 Å². The number of hydrogen-bond donors (Lipinski definition) is 1. The zero-order chi connectivity index (χ0) is 12.4. The molecule has 0 aliphatic carbocycles. The Morgan fingerprint density at radius 3 is 2.94 bits per heavy atom. The predicted octanol–water partition coefficient (Wildman–Crippen LogP) is 2.52. The molecule has 0 fully saturated rings. The number of aryl methyl sites for hydroxylation is 1. The Hall–Kier alpha value is -1.84. The zero-order valence-corrected chi connectivity index (χ0v) is 10.3. The van der Waals surface area contributed by atoms with Gasteiger partial charge in [-0.1, -0.05) is 13.8 Å². The lowest BCUT2D eigenvalue weighted by Gasteiger charge is -2.07. The van der Waals surface area contributed by atoms with Crippen molar-refractivity contribution in [3.8, 4) is 0 Å². The van der Waals surface area contributed by atoms with Gasteiger partial charge in [-0.05, 0) is 24.1 Å². The molecule has 1 aromatic carbocycles. The maximum Gasteiger partial charge on any atom is 0.251 e. The summed E-state index contributed by atoms with van der Waals surface area (Å²) in [4.78, 5) is 16.0. The number of rotatable bonds is 3. The molecule has 4 heteroatoms.